The van der Waals surface area contributed by atoms with Gasteiger partial charge in [-0.05, 0) is 29.7 Å². The van der Waals surface area contributed by atoms with Crippen LogP contribution < -0.4 is 5.32 Å². The molecule has 1 amide bonds. The number of nitrogens with zero attached hydrogens (tertiary/aromatic N) is 3. The molecule has 0 saturated heterocycles. The second-order valence-corrected chi connectivity index (χ2v) is 6.25. The number of benzene rings is 2. The van der Waals surface area contributed by atoms with Crippen LogP contribution in [0.1, 0.15) is 22.8 Å². The lowest BCUT2D eigenvalue weighted by Crippen LogP contribution is -2.30. The van der Waals surface area contributed by atoms with E-state index in [1.807, 2.05) is 53.3 Å². The molecule has 0 aliphatic carbocycles. The van der Waals surface area contributed by atoms with Crippen LogP contribution >= 0.6 is 0 Å². The smallest absolute Gasteiger partial charge is 0.251 e. The Bertz CT molecular complexity index is 925. The first kappa shape index (κ1) is 17.4. The number of aromatic nitrogens is 2. The van der Waals surface area contributed by atoms with Crippen molar-refractivity contribution in [2.75, 3.05) is 6.54 Å². The van der Waals surface area contributed by atoms with Crippen LogP contribution in [0.25, 0.3) is 11.1 Å². The van der Waals surface area contributed by atoms with Crippen LogP contribution in [-0.4, -0.2) is 22.2 Å². The lowest BCUT2D eigenvalue weighted by molar-refractivity contribution is 0.0947. The molecule has 0 radical (unpaired) electrons. The summed E-state index contributed by atoms with van der Waals surface area (Å²) in [6, 6.07) is 18.8. The summed E-state index contributed by atoms with van der Waals surface area (Å²) < 4.78 is 1.86. The predicted molar refractivity (Wildman–Crippen MR) is 100 cm³/mol. The van der Waals surface area contributed by atoms with E-state index in [2.05, 4.69) is 23.4 Å². The number of rotatable bonds is 6. The van der Waals surface area contributed by atoms with E-state index in [0.29, 0.717) is 17.7 Å². The number of carbonyl (C=O) groups is 1. The SMILES string of the molecule is CC(CNC(=O)c1ccccc1-c1ccccc1C#N)Cn1cccn1. The molecule has 5 nitrogen and oxygen atoms in total. The third-order valence-corrected chi connectivity index (χ3v) is 4.18. The molecule has 1 aromatic heterocycles. The minimum atomic E-state index is -0.138. The van der Waals surface area contributed by atoms with Crippen LogP contribution in [0.15, 0.2) is 67.0 Å². The molecule has 26 heavy (non-hydrogen) atoms. The molecular formula is C21H20N4O. The highest BCUT2D eigenvalue weighted by Crippen LogP contribution is 2.26. The highest BCUT2D eigenvalue weighted by Gasteiger charge is 2.15. The normalized spacial score (nSPS) is 11.5. The van der Waals surface area contributed by atoms with E-state index in [1.165, 1.54) is 0 Å². The van der Waals surface area contributed by atoms with Crippen molar-refractivity contribution in [2.45, 2.75) is 13.5 Å². The van der Waals surface area contributed by atoms with Gasteiger partial charge in [0.2, 0.25) is 0 Å². The van der Waals surface area contributed by atoms with Gasteiger partial charge in [-0.25, -0.2) is 0 Å². The Morgan fingerprint density at radius 1 is 1.15 bits per heavy atom. The number of nitriles is 1. The Morgan fingerprint density at radius 2 is 1.88 bits per heavy atom. The van der Waals surface area contributed by atoms with Crippen LogP contribution in [0, 0.1) is 17.2 Å². The highest BCUT2D eigenvalue weighted by molar-refractivity contribution is 6.01. The van der Waals surface area contributed by atoms with Crippen LogP contribution in [0.2, 0.25) is 0 Å². The van der Waals surface area contributed by atoms with Crippen molar-refractivity contribution < 1.29 is 4.79 Å². The first-order valence-corrected chi connectivity index (χ1v) is 8.53. The van der Waals surface area contributed by atoms with Gasteiger partial charge in [-0.15, -0.1) is 0 Å². The van der Waals surface area contributed by atoms with Crippen molar-refractivity contribution in [2.24, 2.45) is 5.92 Å². The molecule has 1 atom stereocenters. The zero-order valence-electron chi connectivity index (χ0n) is 14.6. The van der Waals surface area contributed by atoms with Gasteiger partial charge in [0, 0.05) is 36.6 Å². The van der Waals surface area contributed by atoms with Gasteiger partial charge in [0.1, 0.15) is 0 Å². The quantitative estimate of drug-likeness (QED) is 0.744. The standard InChI is InChI=1S/C21H20N4O/c1-16(15-25-12-6-11-24-25)14-23-21(26)20-10-5-4-9-19(20)18-8-3-2-7-17(18)13-22/h2-12,16H,14-15H2,1H3,(H,23,26). The number of carbonyl (C=O) groups excluding carboxylic acids is 1. The number of nitrogens with one attached hydrogen (secondary N) is 1. The Hall–Kier alpha value is -3.39. The molecular weight excluding hydrogens is 324 g/mol. The van der Waals surface area contributed by atoms with E-state index in [0.717, 1.165) is 17.7 Å². The first-order chi connectivity index (χ1) is 12.7. The molecule has 2 aromatic carbocycles. The van der Waals surface area contributed by atoms with Gasteiger partial charge in [-0.1, -0.05) is 43.3 Å². The maximum atomic E-state index is 12.7. The topological polar surface area (TPSA) is 70.7 Å². The molecule has 0 aliphatic heterocycles. The van der Waals surface area contributed by atoms with Crippen LogP contribution in [0.3, 0.4) is 0 Å². The van der Waals surface area contributed by atoms with Crippen molar-refractivity contribution in [1.29, 1.82) is 5.26 Å². The summed E-state index contributed by atoms with van der Waals surface area (Å²) in [5.41, 5.74) is 2.66. The molecule has 0 bridgehead atoms. The molecule has 0 saturated carbocycles. The van der Waals surface area contributed by atoms with Crippen molar-refractivity contribution in [3.05, 3.63) is 78.1 Å². The monoisotopic (exact) mass is 344 g/mol. The molecule has 3 aromatic rings. The Labute approximate surface area is 152 Å². The summed E-state index contributed by atoms with van der Waals surface area (Å²) in [5, 5.41) is 16.5. The zero-order chi connectivity index (χ0) is 18.4. The highest BCUT2D eigenvalue weighted by atomic mass is 16.1. The summed E-state index contributed by atoms with van der Waals surface area (Å²) in [6.45, 7) is 3.36. The van der Waals surface area contributed by atoms with Crippen molar-refractivity contribution >= 4 is 5.91 Å². The average Bonchev–Trinajstić information content (AvgIpc) is 3.19. The van der Waals surface area contributed by atoms with Crippen molar-refractivity contribution in [3.63, 3.8) is 0 Å². The second-order valence-electron chi connectivity index (χ2n) is 6.25. The summed E-state index contributed by atoms with van der Waals surface area (Å²) >= 11 is 0. The minimum Gasteiger partial charge on any atom is -0.352 e. The van der Waals surface area contributed by atoms with E-state index in [9.17, 15) is 10.1 Å². The lowest BCUT2D eigenvalue weighted by atomic mass is 9.95. The maximum absolute atomic E-state index is 12.7. The Morgan fingerprint density at radius 3 is 2.62 bits per heavy atom. The van der Waals surface area contributed by atoms with Crippen molar-refractivity contribution in [3.8, 4) is 17.2 Å². The number of hydrogen-bond acceptors (Lipinski definition) is 3. The fourth-order valence-corrected chi connectivity index (χ4v) is 2.89. The van der Waals surface area contributed by atoms with Gasteiger partial charge in [-0.2, -0.15) is 10.4 Å². The Balaban J connectivity index is 1.75. The van der Waals surface area contributed by atoms with Crippen molar-refractivity contribution in [1.82, 2.24) is 15.1 Å². The maximum Gasteiger partial charge on any atom is 0.251 e. The Kier molecular flexibility index (Phi) is 5.45. The van der Waals surface area contributed by atoms with Gasteiger partial charge in [-0.3, -0.25) is 9.48 Å². The van der Waals surface area contributed by atoms with Gasteiger partial charge in [0.25, 0.3) is 5.91 Å². The summed E-state index contributed by atoms with van der Waals surface area (Å²) in [4.78, 5) is 12.7. The summed E-state index contributed by atoms with van der Waals surface area (Å²) in [6.07, 6.45) is 3.65. The molecule has 5 heteroatoms. The molecule has 3 rings (SSSR count). The van der Waals surface area contributed by atoms with Crippen LogP contribution in [0.5, 0.6) is 0 Å². The lowest BCUT2D eigenvalue weighted by Gasteiger charge is -2.15. The molecule has 1 unspecified atom stereocenters. The first-order valence-electron chi connectivity index (χ1n) is 8.53. The third kappa shape index (κ3) is 3.98. The fourth-order valence-electron chi connectivity index (χ4n) is 2.89. The van der Waals surface area contributed by atoms with Crippen LogP contribution in [-0.2, 0) is 6.54 Å². The third-order valence-electron chi connectivity index (χ3n) is 4.18. The van der Waals surface area contributed by atoms with Gasteiger partial charge in [0.05, 0.1) is 11.6 Å². The van der Waals surface area contributed by atoms with E-state index in [-0.39, 0.29) is 11.8 Å². The summed E-state index contributed by atoms with van der Waals surface area (Å²) in [5.74, 6) is 0.109. The molecule has 0 aliphatic rings. The van der Waals surface area contributed by atoms with Gasteiger partial charge >= 0.3 is 0 Å². The fraction of sp³-hybridized carbons (Fsp3) is 0.190. The molecule has 1 heterocycles. The molecule has 0 fully saturated rings. The van der Waals surface area contributed by atoms with Crippen LogP contribution in [0.4, 0.5) is 0 Å². The van der Waals surface area contributed by atoms with E-state index >= 15 is 0 Å². The zero-order valence-corrected chi connectivity index (χ0v) is 14.6. The second kappa shape index (κ2) is 8.13. The molecule has 0 spiro atoms. The molecule has 130 valence electrons. The van der Waals surface area contributed by atoms with Gasteiger partial charge < -0.3 is 5.32 Å². The molecule has 1 N–H and O–H groups in total. The number of hydrogen-bond donors (Lipinski definition) is 1. The van der Waals surface area contributed by atoms with Gasteiger partial charge in [0.15, 0.2) is 0 Å². The number of amides is 1. The minimum absolute atomic E-state index is 0.138. The largest absolute Gasteiger partial charge is 0.352 e. The predicted octanol–water partition coefficient (Wildman–Crippen LogP) is 3.49. The van der Waals surface area contributed by atoms with E-state index in [4.69, 9.17) is 0 Å². The average molecular weight is 344 g/mol. The summed E-state index contributed by atoms with van der Waals surface area (Å²) in [7, 11) is 0. The van der Waals surface area contributed by atoms with E-state index < -0.39 is 0 Å². The van der Waals surface area contributed by atoms with E-state index in [1.54, 1.807) is 18.3 Å².